The zero-order chi connectivity index (χ0) is 10.4. The molecule has 2 unspecified atom stereocenters. The van der Waals surface area contributed by atoms with Crippen molar-refractivity contribution in [2.24, 2.45) is 17.6 Å². The first-order valence-corrected chi connectivity index (χ1v) is 5.00. The van der Waals surface area contributed by atoms with Crippen molar-refractivity contribution in [2.45, 2.75) is 46.1 Å². The van der Waals surface area contributed by atoms with Crippen molar-refractivity contribution in [3.8, 4) is 0 Å². The molecule has 0 fully saturated rings. The van der Waals surface area contributed by atoms with Gasteiger partial charge in [-0.3, -0.25) is 4.79 Å². The smallest absolute Gasteiger partial charge is 0.304 e. The Hall–Kier alpha value is -0.570. The number of hydrogen-bond donors (Lipinski definition) is 2. The molecule has 0 radical (unpaired) electrons. The van der Waals surface area contributed by atoms with E-state index in [1.165, 1.54) is 0 Å². The Morgan fingerprint density at radius 3 is 2.15 bits per heavy atom. The molecule has 0 saturated carbocycles. The van der Waals surface area contributed by atoms with Crippen LogP contribution in [0.5, 0.6) is 0 Å². The topological polar surface area (TPSA) is 63.3 Å². The van der Waals surface area contributed by atoms with Gasteiger partial charge in [-0.15, -0.1) is 0 Å². The maximum absolute atomic E-state index is 10.4. The van der Waals surface area contributed by atoms with Crippen molar-refractivity contribution >= 4 is 5.97 Å². The zero-order valence-corrected chi connectivity index (χ0v) is 8.79. The van der Waals surface area contributed by atoms with Gasteiger partial charge in [0.2, 0.25) is 0 Å². The van der Waals surface area contributed by atoms with Crippen LogP contribution < -0.4 is 5.73 Å². The molecule has 0 aliphatic heterocycles. The maximum Gasteiger partial charge on any atom is 0.304 e. The second kappa shape index (κ2) is 5.97. The SMILES string of the molecule is CCC(CC)C(C)C(N)CC(=O)O. The van der Waals surface area contributed by atoms with Crippen molar-refractivity contribution in [2.75, 3.05) is 0 Å². The lowest BCUT2D eigenvalue weighted by atomic mass is 9.83. The first kappa shape index (κ1) is 12.4. The third-order valence-electron chi connectivity index (χ3n) is 2.88. The minimum Gasteiger partial charge on any atom is -0.481 e. The minimum atomic E-state index is -0.801. The summed E-state index contributed by atoms with van der Waals surface area (Å²) in [6, 6.07) is -0.206. The summed E-state index contributed by atoms with van der Waals surface area (Å²) in [4.78, 5) is 10.4. The molecule has 0 aromatic carbocycles. The molecule has 0 rings (SSSR count). The minimum absolute atomic E-state index is 0.0810. The highest BCUT2D eigenvalue weighted by molar-refractivity contribution is 5.67. The summed E-state index contributed by atoms with van der Waals surface area (Å²) in [5, 5.41) is 8.58. The summed E-state index contributed by atoms with van der Waals surface area (Å²) in [6.07, 6.45) is 2.23. The Morgan fingerprint density at radius 2 is 1.85 bits per heavy atom. The van der Waals surface area contributed by atoms with E-state index in [9.17, 15) is 4.79 Å². The largest absolute Gasteiger partial charge is 0.481 e. The third kappa shape index (κ3) is 4.27. The van der Waals surface area contributed by atoms with Crippen molar-refractivity contribution in [1.82, 2.24) is 0 Å². The number of carbonyl (C=O) groups is 1. The van der Waals surface area contributed by atoms with Crippen molar-refractivity contribution in [1.29, 1.82) is 0 Å². The standard InChI is InChI=1S/C10H21NO2/c1-4-8(5-2)7(3)9(11)6-10(12)13/h7-9H,4-6,11H2,1-3H3,(H,12,13). The molecule has 0 aromatic rings. The zero-order valence-electron chi connectivity index (χ0n) is 8.79. The lowest BCUT2D eigenvalue weighted by Gasteiger charge is -2.26. The number of carboxylic acid groups (broad SMARTS) is 1. The van der Waals surface area contributed by atoms with Gasteiger partial charge in [-0.1, -0.05) is 33.6 Å². The van der Waals surface area contributed by atoms with Crippen LogP contribution in [0.4, 0.5) is 0 Å². The monoisotopic (exact) mass is 187 g/mol. The summed E-state index contributed by atoms with van der Waals surface area (Å²) in [5.41, 5.74) is 5.79. The van der Waals surface area contributed by atoms with Crippen LogP contribution in [0.2, 0.25) is 0 Å². The molecule has 0 amide bonds. The molecule has 0 aliphatic rings. The Bertz CT molecular complexity index is 155. The molecule has 0 saturated heterocycles. The van der Waals surface area contributed by atoms with Crippen LogP contribution in [0.15, 0.2) is 0 Å². The molecule has 0 aliphatic carbocycles. The van der Waals surface area contributed by atoms with E-state index < -0.39 is 5.97 Å². The highest BCUT2D eigenvalue weighted by Gasteiger charge is 2.22. The van der Waals surface area contributed by atoms with Gasteiger partial charge in [-0.25, -0.2) is 0 Å². The van der Waals surface area contributed by atoms with Crippen molar-refractivity contribution in [3.63, 3.8) is 0 Å². The Balaban J connectivity index is 4.05. The van der Waals surface area contributed by atoms with E-state index in [2.05, 4.69) is 13.8 Å². The summed E-state index contributed by atoms with van der Waals surface area (Å²) in [6.45, 7) is 6.29. The van der Waals surface area contributed by atoms with Gasteiger partial charge in [0.25, 0.3) is 0 Å². The fourth-order valence-corrected chi connectivity index (χ4v) is 1.77. The first-order valence-electron chi connectivity index (χ1n) is 5.00. The number of nitrogens with two attached hydrogens (primary N) is 1. The average molecular weight is 187 g/mol. The van der Waals surface area contributed by atoms with Crippen LogP contribution in [-0.2, 0) is 4.79 Å². The van der Waals surface area contributed by atoms with E-state index in [4.69, 9.17) is 10.8 Å². The van der Waals surface area contributed by atoms with Crippen molar-refractivity contribution < 1.29 is 9.90 Å². The molecule has 0 bridgehead atoms. The van der Waals surface area contributed by atoms with Crippen molar-refractivity contribution in [3.05, 3.63) is 0 Å². The van der Waals surface area contributed by atoms with Crippen LogP contribution in [0.3, 0.4) is 0 Å². The van der Waals surface area contributed by atoms with Gasteiger partial charge in [-0.2, -0.15) is 0 Å². The fraction of sp³-hybridized carbons (Fsp3) is 0.900. The highest BCUT2D eigenvalue weighted by Crippen LogP contribution is 2.22. The van der Waals surface area contributed by atoms with Gasteiger partial charge in [0, 0.05) is 6.04 Å². The molecule has 0 spiro atoms. The van der Waals surface area contributed by atoms with E-state index in [1.54, 1.807) is 0 Å². The quantitative estimate of drug-likeness (QED) is 0.667. The first-order chi connectivity index (χ1) is 6.02. The maximum atomic E-state index is 10.4. The van der Waals surface area contributed by atoms with Gasteiger partial charge in [0.1, 0.15) is 0 Å². The molecule has 2 atom stereocenters. The molecular weight excluding hydrogens is 166 g/mol. The van der Waals surface area contributed by atoms with Crippen LogP contribution in [0.1, 0.15) is 40.0 Å². The molecule has 3 nitrogen and oxygen atoms in total. The molecule has 78 valence electrons. The number of rotatable bonds is 6. The summed E-state index contributed by atoms with van der Waals surface area (Å²) < 4.78 is 0. The van der Waals surface area contributed by atoms with E-state index in [0.29, 0.717) is 11.8 Å². The van der Waals surface area contributed by atoms with Crippen LogP contribution in [0, 0.1) is 11.8 Å². The van der Waals surface area contributed by atoms with Gasteiger partial charge in [0.15, 0.2) is 0 Å². The lowest BCUT2D eigenvalue weighted by Crippen LogP contribution is -2.34. The van der Waals surface area contributed by atoms with E-state index in [0.717, 1.165) is 12.8 Å². The summed E-state index contributed by atoms with van der Waals surface area (Å²) in [7, 11) is 0. The van der Waals surface area contributed by atoms with Gasteiger partial charge >= 0.3 is 5.97 Å². The second-order valence-electron chi connectivity index (χ2n) is 3.70. The van der Waals surface area contributed by atoms with Gasteiger partial charge < -0.3 is 10.8 Å². The molecule has 0 heterocycles. The predicted molar refractivity (Wildman–Crippen MR) is 53.5 cm³/mol. The van der Waals surface area contributed by atoms with Crippen LogP contribution in [0.25, 0.3) is 0 Å². The molecule has 0 aromatic heterocycles. The fourth-order valence-electron chi connectivity index (χ4n) is 1.77. The normalized spacial score (nSPS) is 15.8. The molecular formula is C10H21NO2. The second-order valence-corrected chi connectivity index (χ2v) is 3.70. The summed E-state index contributed by atoms with van der Waals surface area (Å²) in [5.74, 6) is 0.0470. The van der Waals surface area contributed by atoms with Gasteiger partial charge in [-0.05, 0) is 11.8 Å². The van der Waals surface area contributed by atoms with Crippen LogP contribution >= 0.6 is 0 Å². The number of carboxylic acids is 1. The number of hydrogen-bond acceptors (Lipinski definition) is 2. The third-order valence-corrected chi connectivity index (χ3v) is 2.88. The molecule has 3 heteroatoms. The molecule has 3 N–H and O–H groups in total. The van der Waals surface area contributed by atoms with Gasteiger partial charge in [0.05, 0.1) is 6.42 Å². The Labute approximate surface area is 80.3 Å². The lowest BCUT2D eigenvalue weighted by molar-refractivity contribution is -0.137. The molecule has 13 heavy (non-hydrogen) atoms. The van der Waals surface area contributed by atoms with Crippen LogP contribution in [-0.4, -0.2) is 17.1 Å². The van der Waals surface area contributed by atoms with E-state index >= 15 is 0 Å². The van der Waals surface area contributed by atoms with E-state index in [-0.39, 0.29) is 12.5 Å². The average Bonchev–Trinajstić information content (AvgIpc) is 2.05. The highest BCUT2D eigenvalue weighted by atomic mass is 16.4. The Morgan fingerprint density at radius 1 is 1.38 bits per heavy atom. The summed E-state index contributed by atoms with van der Waals surface area (Å²) >= 11 is 0. The Kier molecular flexibility index (Phi) is 5.71. The number of aliphatic carboxylic acids is 1. The van der Waals surface area contributed by atoms with E-state index in [1.807, 2.05) is 6.92 Å². The predicted octanol–water partition coefficient (Wildman–Crippen LogP) is 1.86.